The van der Waals surface area contributed by atoms with Gasteiger partial charge in [0, 0.05) is 50.9 Å². The molecule has 3 aromatic rings. The third kappa shape index (κ3) is 7.57. The standard InChI is InChI=1S/C31H42N4O5.ClH/c1-19(2)40-31(39)26(21(4)36)11-9-23-10-12-28-27(15-23)32-29(25-14-20(3)30(38)33(6)18-25)35(28)17-24-8-7-13-34(16-24)22(5)37;/h10,12,14-15,18-19,21,24,26,36H,7-9,11,13,16-17H2,1-6H3;1H/t21-,24+,26+;/m1./s1. The van der Waals surface area contributed by atoms with Gasteiger partial charge in [0.1, 0.15) is 5.82 Å². The predicted octanol–water partition coefficient (Wildman–Crippen LogP) is 4.27. The molecule has 41 heavy (non-hydrogen) atoms. The van der Waals surface area contributed by atoms with E-state index in [2.05, 4.69) is 10.6 Å². The number of hydrogen-bond donors (Lipinski definition) is 1. The topological polar surface area (TPSA) is 107 Å². The maximum Gasteiger partial charge on any atom is 0.311 e. The van der Waals surface area contributed by atoms with Gasteiger partial charge in [0.05, 0.1) is 29.2 Å². The molecular weight excluding hydrogens is 544 g/mol. The lowest BCUT2D eigenvalue weighted by molar-refractivity contribution is -0.156. The van der Waals surface area contributed by atoms with Gasteiger partial charge in [0.2, 0.25) is 5.91 Å². The van der Waals surface area contributed by atoms with Crippen LogP contribution in [0.4, 0.5) is 0 Å². The number of esters is 1. The van der Waals surface area contributed by atoms with E-state index in [0.29, 0.717) is 37.4 Å². The van der Waals surface area contributed by atoms with Crippen LogP contribution in [0.5, 0.6) is 0 Å². The third-order valence-corrected chi connectivity index (χ3v) is 7.82. The van der Waals surface area contributed by atoms with E-state index in [-0.39, 0.29) is 35.9 Å². The number of pyridine rings is 1. The maximum atomic E-state index is 12.5. The number of amides is 1. The second kappa shape index (κ2) is 13.7. The van der Waals surface area contributed by atoms with Crippen molar-refractivity contribution in [1.29, 1.82) is 0 Å². The molecule has 1 saturated heterocycles. The smallest absolute Gasteiger partial charge is 0.311 e. The van der Waals surface area contributed by atoms with Gasteiger partial charge in [-0.05, 0) is 83.1 Å². The van der Waals surface area contributed by atoms with Crippen LogP contribution < -0.4 is 5.56 Å². The number of hydrogen-bond acceptors (Lipinski definition) is 6. The SMILES string of the molecule is CC(=O)N1CCC[C@H](Cn2c(-c3cc(C)c(=O)n(C)c3)nc3cc(CC[C@H](C(=O)OC(C)C)[C@@H](C)O)ccc32)C1.Cl. The number of ether oxygens (including phenoxy) is 1. The normalized spacial score (nSPS) is 16.9. The van der Waals surface area contributed by atoms with Crippen LogP contribution in [0, 0.1) is 18.8 Å². The van der Waals surface area contributed by atoms with Gasteiger partial charge in [-0.2, -0.15) is 0 Å². The summed E-state index contributed by atoms with van der Waals surface area (Å²) >= 11 is 0. The van der Waals surface area contributed by atoms with Gasteiger partial charge in [-0.25, -0.2) is 4.98 Å². The minimum absolute atomic E-state index is 0. The van der Waals surface area contributed by atoms with Gasteiger partial charge in [0.25, 0.3) is 5.56 Å². The number of likely N-dealkylation sites (tertiary alicyclic amines) is 1. The summed E-state index contributed by atoms with van der Waals surface area (Å²) in [6.45, 7) is 10.9. The van der Waals surface area contributed by atoms with Gasteiger partial charge < -0.3 is 23.9 Å². The Morgan fingerprint density at radius 1 is 1.20 bits per heavy atom. The summed E-state index contributed by atoms with van der Waals surface area (Å²) in [7, 11) is 1.75. The van der Waals surface area contributed by atoms with Crippen LogP contribution in [-0.2, 0) is 34.3 Å². The number of aryl methyl sites for hydroxylation is 3. The Balaban J connectivity index is 0.00000462. The third-order valence-electron chi connectivity index (χ3n) is 7.82. The number of halogens is 1. The summed E-state index contributed by atoms with van der Waals surface area (Å²) in [5.74, 6) is 0.200. The van der Waals surface area contributed by atoms with Crippen molar-refractivity contribution >= 4 is 35.3 Å². The van der Waals surface area contributed by atoms with E-state index >= 15 is 0 Å². The molecule has 0 bridgehead atoms. The number of piperidine rings is 1. The number of aliphatic hydroxyl groups excluding tert-OH is 1. The molecule has 3 heterocycles. The van der Waals surface area contributed by atoms with Gasteiger partial charge in [-0.1, -0.05) is 6.07 Å². The molecule has 1 aromatic carbocycles. The summed E-state index contributed by atoms with van der Waals surface area (Å²) in [5, 5.41) is 10.2. The molecule has 9 nitrogen and oxygen atoms in total. The van der Waals surface area contributed by atoms with Gasteiger partial charge in [0.15, 0.2) is 0 Å². The molecule has 4 rings (SSSR count). The average molecular weight is 587 g/mol. The zero-order valence-electron chi connectivity index (χ0n) is 24.9. The second-order valence-electron chi connectivity index (χ2n) is 11.5. The largest absolute Gasteiger partial charge is 0.463 e. The fraction of sp³-hybridized carbons (Fsp3) is 0.548. The van der Waals surface area contributed by atoms with E-state index in [0.717, 1.165) is 47.4 Å². The molecule has 10 heteroatoms. The van der Waals surface area contributed by atoms with Gasteiger partial charge in [-0.15, -0.1) is 12.4 Å². The minimum atomic E-state index is -0.807. The molecule has 2 aromatic heterocycles. The van der Waals surface area contributed by atoms with Crippen LogP contribution in [-0.4, -0.2) is 61.3 Å². The van der Waals surface area contributed by atoms with E-state index in [4.69, 9.17) is 9.72 Å². The van der Waals surface area contributed by atoms with Crippen molar-refractivity contribution in [2.45, 2.75) is 79.1 Å². The number of nitrogens with zero attached hydrogens (tertiary/aromatic N) is 4. The summed E-state index contributed by atoms with van der Waals surface area (Å²) in [6.07, 6.45) is 3.84. The van der Waals surface area contributed by atoms with Crippen molar-refractivity contribution in [1.82, 2.24) is 19.0 Å². The highest BCUT2D eigenvalue weighted by atomic mass is 35.5. The molecule has 0 saturated carbocycles. The Morgan fingerprint density at radius 2 is 1.93 bits per heavy atom. The molecule has 1 aliphatic rings. The zero-order valence-corrected chi connectivity index (χ0v) is 25.7. The number of aliphatic hydroxyl groups is 1. The first kappa shape index (κ1) is 32.3. The number of aromatic nitrogens is 3. The number of carbonyl (C=O) groups excluding carboxylic acids is 2. The molecule has 224 valence electrons. The summed E-state index contributed by atoms with van der Waals surface area (Å²) < 4.78 is 9.16. The highest BCUT2D eigenvalue weighted by molar-refractivity contribution is 5.85. The van der Waals surface area contributed by atoms with Crippen molar-refractivity contribution < 1.29 is 19.4 Å². The highest BCUT2D eigenvalue weighted by Gasteiger charge is 2.27. The van der Waals surface area contributed by atoms with Gasteiger partial charge in [-0.3, -0.25) is 14.4 Å². The van der Waals surface area contributed by atoms with Crippen LogP contribution in [0.15, 0.2) is 35.3 Å². The lowest BCUT2D eigenvalue weighted by atomic mass is 9.95. The molecule has 1 amide bonds. The number of rotatable bonds is 9. The Hall–Kier alpha value is -3.17. The van der Waals surface area contributed by atoms with Crippen molar-refractivity contribution in [3.05, 3.63) is 51.9 Å². The molecule has 1 aliphatic heterocycles. The van der Waals surface area contributed by atoms with Crippen molar-refractivity contribution in [3.63, 3.8) is 0 Å². The Bertz CT molecular complexity index is 1420. The number of fused-ring (bicyclic) bond motifs is 1. The maximum absolute atomic E-state index is 12.5. The molecule has 0 aliphatic carbocycles. The molecule has 0 spiro atoms. The molecule has 1 N–H and O–H groups in total. The first-order valence-electron chi connectivity index (χ1n) is 14.3. The average Bonchev–Trinajstić information content (AvgIpc) is 3.24. The number of benzene rings is 1. The molecular formula is C31H43ClN4O5. The predicted molar refractivity (Wildman–Crippen MR) is 162 cm³/mol. The van der Waals surface area contributed by atoms with Crippen LogP contribution in [0.1, 0.15) is 58.1 Å². The van der Waals surface area contributed by atoms with Crippen molar-refractivity contribution in [3.8, 4) is 11.4 Å². The lowest BCUT2D eigenvalue weighted by Gasteiger charge is -2.32. The lowest BCUT2D eigenvalue weighted by Crippen LogP contribution is -2.39. The van der Waals surface area contributed by atoms with E-state index in [9.17, 15) is 19.5 Å². The van der Waals surface area contributed by atoms with Crippen molar-refractivity contribution in [2.75, 3.05) is 13.1 Å². The zero-order chi connectivity index (χ0) is 29.1. The summed E-state index contributed by atoms with van der Waals surface area (Å²) in [6, 6.07) is 8.04. The Morgan fingerprint density at radius 3 is 2.56 bits per heavy atom. The molecule has 0 unspecified atom stereocenters. The Labute approximate surface area is 247 Å². The summed E-state index contributed by atoms with van der Waals surface area (Å²) in [4.78, 5) is 43.9. The van der Waals surface area contributed by atoms with Crippen LogP contribution in [0.2, 0.25) is 0 Å². The van der Waals surface area contributed by atoms with E-state index in [1.807, 2.05) is 36.2 Å². The summed E-state index contributed by atoms with van der Waals surface area (Å²) in [5.41, 5.74) is 4.30. The second-order valence-corrected chi connectivity index (χ2v) is 11.5. The van der Waals surface area contributed by atoms with Gasteiger partial charge >= 0.3 is 5.97 Å². The van der Waals surface area contributed by atoms with Crippen LogP contribution in [0.3, 0.4) is 0 Å². The number of carbonyl (C=O) groups is 2. The first-order valence-corrected chi connectivity index (χ1v) is 14.3. The Kier molecular flexibility index (Phi) is 10.8. The molecule has 1 fully saturated rings. The highest BCUT2D eigenvalue weighted by Crippen LogP contribution is 2.29. The molecule has 3 atom stereocenters. The monoisotopic (exact) mass is 586 g/mol. The van der Waals surface area contributed by atoms with Crippen LogP contribution in [0.25, 0.3) is 22.4 Å². The molecule has 0 radical (unpaired) electrons. The fourth-order valence-electron chi connectivity index (χ4n) is 5.69. The van der Waals surface area contributed by atoms with E-state index in [1.54, 1.807) is 39.3 Å². The van der Waals surface area contributed by atoms with Crippen molar-refractivity contribution in [2.24, 2.45) is 18.9 Å². The number of imidazole rings is 1. The van der Waals surface area contributed by atoms with E-state index in [1.165, 1.54) is 0 Å². The van der Waals surface area contributed by atoms with Crippen LogP contribution >= 0.6 is 12.4 Å². The quantitative estimate of drug-likeness (QED) is 0.375. The van der Waals surface area contributed by atoms with E-state index < -0.39 is 12.0 Å². The first-order chi connectivity index (χ1) is 18.9. The minimum Gasteiger partial charge on any atom is -0.463 e. The fourth-order valence-corrected chi connectivity index (χ4v) is 5.69.